The first-order valence-electron chi connectivity index (χ1n) is 28.4. The summed E-state index contributed by atoms with van der Waals surface area (Å²) in [6.45, 7) is 4.21. The first kappa shape index (κ1) is 69.9. The number of unbranched alkanes of at least 4 members (excludes halogenated alkanes) is 14. The van der Waals surface area contributed by atoms with Gasteiger partial charge in [0.1, 0.15) is 12.7 Å². The van der Waals surface area contributed by atoms with Crippen LogP contribution in [0.1, 0.15) is 213 Å². The van der Waals surface area contributed by atoms with E-state index in [-0.39, 0.29) is 25.9 Å². The lowest BCUT2D eigenvalue weighted by atomic mass is 10.1. The van der Waals surface area contributed by atoms with E-state index in [1.54, 1.807) is 0 Å². The molecule has 0 spiro atoms. The van der Waals surface area contributed by atoms with Crippen LogP contribution in [0.4, 0.5) is 0 Å². The normalized spacial score (nSPS) is 14.3. The van der Waals surface area contributed by atoms with Crippen LogP contribution < -0.4 is 0 Å². The Morgan fingerprint density at radius 3 is 1.03 bits per heavy atom. The molecule has 0 saturated heterocycles. The molecule has 2 N–H and O–H groups in total. The van der Waals surface area contributed by atoms with Gasteiger partial charge >= 0.3 is 25.7 Å². The van der Waals surface area contributed by atoms with Crippen molar-refractivity contribution in [1.82, 2.24) is 0 Å². The SMILES string of the molecule is CC/C=C\C/C=C\C/C=C\C/C=C\CCCCCCC(=O)OCC(COP(=O)(O)OCC(CO)OC(=O)CCCCC/C=C\C/C=C\C/C=C\CC)OC(=O)CCCCCCCCC/C=C\C/C=C\C/C=C\CC. The molecule has 0 aliphatic carbocycles. The van der Waals surface area contributed by atoms with E-state index in [1.165, 1.54) is 0 Å². The molecular weight excluding hydrogens is 952 g/mol. The van der Waals surface area contributed by atoms with Gasteiger partial charge in [-0.2, -0.15) is 0 Å². The Kier molecular flexibility index (Phi) is 52.1. The minimum atomic E-state index is -4.77. The fourth-order valence-corrected chi connectivity index (χ4v) is 7.92. The highest BCUT2D eigenvalue weighted by Crippen LogP contribution is 2.43. The van der Waals surface area contributed by atoms with Crippen LogP contribution in [0.25, 0.3) is 0 Å². The van der Waals surface area contributed by atoms with E-state index in [9.17, 15) is 28.9 Å². The fourth-order valence-electron chi connectivity index (χ4n) is 7.14. The summed E-state index contributed by atoms with van der Waals surface area (Å²) in [6.07, 6.45) is 67.3. The Balaban J connectivity index is 4.83. The summed E-state index contributed by atoms with van der Waals surface area (Å²) in [7, 11) is -4.77. The van der Waals surface area contributed by atoms with Crippen LogP contribution >= 0.6 is 7.82 Å². The number of allylic oxidation sites excluding steroid dienone is 20. The van der Waals surface area contributed by atoms with Gasteiger partial charge in [0, 0.05) is 19.3 Å². The molecule has 0 heterocycles. The van der Waals surface area contributed by atoms with E-state index in [4.69, 9.17) is 23.3 Å². The van der Waals surface area contributed by atoms with Gasteiger partial charge in [-0.15, -0.1) is 0 Å². The third-order valence-electron chi connectivity index (χ3n) is 11.4. The summed E-state index contributed by atoms with van der Waals surface area (Å²) in [5.74, 6) is -1.55. The van der Waals surface area contributed by atoms with Crippen molar-refractivity contribution in [1.29, 1.82) is 0 Å². The van der Waals surface area contributed by atoms with Gasteiger partial charge in [0.2, 0.25) is 0 Å². The van der Waals surface area contributed by atoms with Crippen molar-refractivity contribution in [3.05, 3.63) is 122 Å². The van der Waals surface area contributed by atoms with E-state index in [0.29, 0.717) is 19.3 Å². The van der Waals surface area contributed by atoms with Crippen LogP contribution in [0.15, 0.2) is 122 Å². The van der Waals surface area contributed by atoms with Crippen molar-refractivity contribution >= 4 is 25.7 Å². The van der Waals surface area contributed by atoms with Crippen molar-refractivity contribution in [2.24, 2.45) is 0 Å². The maximum atomic E-state index is 12.9. The number of ether oxygens (including phenoxy) is 3. The Morgan fingerprint density at radius 1 is 0.378 bits per heavy atom. The second-order valence-corrected chi connectivity index (χ2v) is 19.8. The highest BCUT2D eigenvalue weighted by atomic mass is 31.2. The Labute approximate surface area is 449 Å². The zero-order valence-electron chi connectivity index (χ0n) is 46.3. The maximum Gasteiger partial charge on any atom is 0.472 e. The summed E-state index contributed by atoms with van der Waals surface area (Å²) in [5.41, 5.74) is 0. The molecule has 11 nitrogen and oxygen atoms in total. The molecule has 3 unspecified atom stereocenters. The lowest BCUT2D eigenvalue weighted by molar-refractivity contribution is -0.161. The molecule has 0 aliphatic heterocycles. The molecule has 0 aromatic heterocycles. The summed E-state index contributed by atoms with van der Waals surface area (Å²) in [5, 5.41) is 9.80. The molecule has 74 heavy (non-hydrogen) atoms. The van der Waals surface area contributed by atoms with E-state index >= 15 is 0 Å². The maximum absolute atomic E-state index is 12.9. The smallest absolute Gasteiger partial charge is 0.462 e. The molecule has 12 heteroatoms. The number of hydrogen-bond acceptors (Lipinski definition) is 10. The standard InChI is InChI=1S/C62H101O11P/c1-4-7-10-13-16-19-22-25-27-29-31-34-36-39-42-45-48-51-60(64)69-55-59(73-62(66)53-50-47-44-41-38-35-32-30-28-26-23-20-17-14-11-8-5-2)57-71-74(67,68)70-56-58(54-63)72-61(65)52-49-46-43-40-37-33-24-21-18-15-12-9-6-3/h7-12,16-21,25-28,31,33-34,37,58-59,63H,4-6,13-15,22-24,29-30,32,35-36,38-57H2,1-3H3,(H,67,68)/b10-7-,11-8-,12-9-,19-16-,20-17-,21-18-,27-25-,28-26-,34-31-,37-33-. The third-order valence-corrected chi connectivity index (χ3v) is 12.3. The lowest BCUT2D eigenvalue weighted by Crippen LogP contribution is -2.30. The van der Waals surface area contributed by atoms with Crippen LogP contribution in [0, 0.1) is 0 Å². The van der Waals surface area contributed by atoms with E-state index in [0.717, 1.165) is 154 Å². The predicted octanol–water partition coefficient (Wildman–Crippen LogP) is 16.8. The van der Waals surface area contributed by atoms with Gasteiger partial charge < -0.3 is 24.2 Å². The topological polar surface area (TPSA) is 155 Å². The van der Waals surface area contributed by atoms with Crippen LogP contribution in [0.5, 0.6) is 0 Å². The van der Waals surface area contributed by atoms with Gasteiger partial charge in [-0.25, -0.2) is 4.57 Å². The number of carbonyl (C=O) groups excluding carboxylic acids is 3. The second kappa shape index (κ2) is 55.1. The molecule has 420 valence electrons. The van der Waals surface area contributed by atoms with Crippen molar-refractivity contribution in [2.75, 3.05) is 26.4 Å². The first-order valence-corrected chi connectivity index (χ1v) is 29.9. The van der Waals surface area contributed by atoms with Gasteiger partial charge in [0.15, 0.2) is 6.10 Å². The number of phosphoric ester groups is 1. The average molecular weight is 1050 g/mol. The molecule has 0 aliphatic rings. The molecule has 0 fully saturated rings. The summed E-state index contributed by atoms with van der Waals surface area (Å²) < 4.78 is 39.5. The van der Waals surface area contributed by atoms with Gasteiger partial charge in [0.05, 0.1) is 19.8 Å². The average Bonchev–Trinajstić information content (AvgIpc) is 3.39. The second-order valence-electron chi connectivity index (χ2n) is 18.3. The third kappa shape index (κ3) is 52.7. The van der Waals surface area contributed by atoms with Crippen LogP contribution in [-0.4, -0.2) is 66.5 Å². The molecule has 0 saturated carbocycles. The summed E-state index contributed by atoms with van der Waals surface area (Å²) >= 11 is 0. The number of hydrogen-bond donors (Lipinski definition) is 2. The number of esters is 3. The summed E-state index contributed by atoms with van der Waals surface area (Å²) in [6, 6.07) is 0. The van der Waals surface area contributed by atoms with E-state index in [2.05, 4.69) is 142 Å². The van der Waals surface area contributed by atoms with Gasteiger partial charge in [-0.1, -0.05) is 194 Å². The van der Waals surface area contributed by atoms with Gasteiger partial charge in [-0.3, -0.25) is 23.4 Å². The largest absolute Gasteiger partial charge is 0.472 e. The Bertz CT molecular complexity index is 1700. The highest BCUT2D eigenvalue weighted by Gasteiger charge is 2.28. The highest BCUT2D eigenvalue weighted by molar-refractivity contribution is 7.47. The molecule has 0 aromatic carbocycles. The van der Waals surface area contributed by atoms with Gasteiger partial charge in [-0.05, 0) is 122 Å². The number of rotatable bonds is 51. The Morgan fingerprint density at radius 2 is 0.662 bits per heavy atom. The molecule has 0 amide bonds. The van der Waals surface area contributed by atoms with Crippen molar-refractivity contribution in [2.45, 2.75) is 226 Å². The minimum Gasteiger partial charge on any atom is -0.462 e. The fraction of sp³-hybridized carbons (Fsp3) is 0.629. The van der Waals surface area contributed by atoms with Gasteiger partial charge in [0.25, 0.3) is 0 Å². The molecule has 0 bridgehead atoms. The molecule has 0 aromatic rings. The Hall–Kier alpha value is -4.12. The number of aliphatic hydroxyl groups excluding tert-OH is 1. The molecular formula is C62H101O11P. The predicted molar refractivity (Wildman–Crippen MR) is 306 cm³/mol. The summed E-state index contributed by atoms with van der Waals surface area (Å²) in [4.78, 5) is 48.5. The van der Waals surface area contributed by atoms with Crippen molar-refractivity contribution < 1.29 is 52.2 Å². The number of aliphatic hydroxyl groups is 1. The molecule has 0 radical (unpaired) electrons. The number of phosphoric acid groups is 1. The zero-order valence-corrected chi connectivity index (χ0v) is 47.2. The van der Waals surface area contributed by atoms with E-state index in [1.807, 2.05) is 0 Å². The lowest BCUT2D eigenvalue weighted by Gasteiger charge is -2.21. The van der Waals surface area contributed by atoms with Crippen molar-refractivity contribution in [3.8, 4) is 0 Å². The molecule has 3 atom stereocenters. The van der Waals surface area contributed by atoms with E-state index < -0.39 is 57.8 Å². The first-order chi connectivity index (χ1) is 36.2. The van der Waals surface area contributed by atoms with Crippen LogP contribution in [0.2, 0.25) is 0 Å². The van der Waals surface area contributed by atoms with Crippen molar-refractivity contribution in [3.63, 3.8) is 0 Å². The number of carbonyl (C=O) groups is 3. The van der Waals surface area contributed by atoms with Crippen LogP contribution in [0.3, 0.4) is 0 Å². The quantitative estimate of drug-likeness (QED) is 0.0197. The zero-order chi connectivity index (χ0) is 54.1. The minimum absolute atomic E-state index is 0.134. The van der Waals surface area contributed by atoms with Crippen LogP contribution in [-0.2, 0) is 42.2 Å². The molecule has 0 rings (SSSR count). The monoisotopic (exact) mass is 1050 g/mol.